The highest BCUT2D eigenvalue weighted by atomic mass is 35.5. The van der Waals surface area contributed by atoms with E-state index in [0.29, 0.717) is 41.7 Å². The van der Waals surface area contributed by atoms with E-state index in [1.807, 2.05) is 6.92 Å². The van der Waals surface area contributed by atoms with Gasteiger partial charge in [0.2, 0.25) is 0 Å². The van der Waals surface area contributed by atoms with Crippen molar-refractivity contribution in [3.05, 3.63) is 104 Å². The molecule has 48 heavy (non-hydrogen) atoms. The Labute approximate surface area is 293 Å². The Morgan fingerprint density at radius 1 is 1.08 bits per heavy atom. The molecular weight excluding hydrogens is 672 g/mol. The van der Waals surface area contributed by atoms with E-state index in [1.165, 1.54) is 29.2 Å². The number of aliphatic hydroxyl groups is 2. The molecule has 258 valence electrons. The van der Waals surface area contributed by atoms with Crippen molar-refractivity contribution >= 4 is 43.2 Å². The third-order valence-corrected chi connectivity index (χ3v) is 12.1. The number of nitrogens with zero attached hydrogens (tertiary/aromatic N) is 1. The lowest BCUT2D eigenvalue weighted by Crippen LogP contribution is -2.50. The number of hydrogen-bond acceptors (Lipinski definition) is 6. The van der Waals surface area contributed by atoms with Crippen LogP contribution in [0.1, 0.15) is 71.8 Å². The molecular formula is C37H44Cl2FNO6Si. The summed E-state index contributed by atoms with van der Waals surface area (Å²) in [5.41, 5.74) is -3.23. The molecule has 2 aliphatic rings. The second kappa shape index (κ2) is 14.2. The van der Waals surface area contributed by atoms with Crippen molar-refractivity contribution in [3.8, 4) is 0 Å². The quantitative estimate of drug-likeness (QED) is 0.154. The molecule has 0 bridgehead atoms. The van der Waals surface area contributed by atoms with E-state index in [2.05, 4.69) is 19.6 Å². The van der Waals surface area contributed by atoms with Gasteiger partial charge in [0.05, 0.1) is 35.3 Å². The predicted molar refractivity (Wildman–Crippen MR) is 187 cm³/mol. The summed E-state index contributed by atoms with van der Waals surface area (Å²) >= 11 is 12.5. The topological polar surface area (TPSA) is 96.3 Å². The van der Waals surface area contributed by atoms with Gasteiger partial charge in [-0.25, -0.2) is 4.39 Å². The zero-order chi connectivity index (χ0) is 35.0. The lowest BCUT2D eigenvalue weighted by Gasteiger charge is -2.42. The fourth-order valence-corrected chi connectivity index (χ4v) is 7.98. The van der Waals surface area contributed by atoms with E-state index >= 15 is 4.39 Å². The smallest absolute Gasteiger partial charge is 0.311 e. The zero-order valence-corrected chi connectivity index (χ0v) is 30.6. The first-order valence-corrected chi connectivity index (χ1v) is 21.0. The second-order valence-electron chi connectivity index (χ2n) is 14.2. The maximum Gasteiger partial charge on any atom is 0.311 e. The minimum Gasteiger partial charge on any atom is -0.466 e. The molecule has 5 rings (SSSR count). The fraction of sp³-hybridized carbons (Fsp3) is 0.459. The molecule has 11 heteroatoms. The van der Waals surface area contributed by atoms with Crippen molar-refractivity contribution in [2.24, 2.45) is 11.8 Å². The Morgan fingerprint density at radius 3 is 2.23 bits per heavy atom. The van der Waals surface area contributed by atoms with Crippen LogP contribution < -0.4 is 0 Å². The molecule has 4 atom stereocenters. The van der Waals surface area contributed by atoms with Gasteiger partial charge in [0, 0.05) is 36.9 Å². The number of halogens is 3. The van der Waals surface area contributed by atoms with Crippen LogP contribution in [0.2, 0.25) is 35.7 Å². The molecule has 1 saturated heterocycles. The van der Waals surface area contributed by atoms with E-state index in [4.69, 9.17) is 32.7 Å². The molecule has 1 amide bonds. The van der Waals surface area contributed by atoms with Crippen LogP contribution in [0.15, 0.2) is 60.7 Å². The maximum absolute atomic E-state index is 16.7. The largest absolute Gasteiger partial charge is 0.466 e. The first-order chi connectivity index (χ1) is 22.6. The van der Waals surface area contributed by atoms with Gasteiger partial charge in [0.1, 0.15) is 5.82 Å². The second-order valence-corrected chi connectivity index (χ2v) is 20.7. The molecule has 3 aromatic rings. The molecule has 2 N–H and O–H groups in total. The van der Waals surface area contributed by atoms with Gasteiger partial charge in [-0.15, -0.1) is 0 Å². The monoisotopic (exact) mass is 715 g/mol. The average Bonchev–Trinajstić information content (AvgIpc) is 3.28. The van der Waals surface area contributed by atoms with E-state index in [9.17, 15) is 19.8 Å². The first-order valence-electron chi connectivity index (χ1n) is 16.5. The van der Waals surface area contributed by atoms with Crippen molar-refractivity contribution in [2.75, 3.05) is 19.8 Å². The van der Waals surface area contributed by atoms with E-state index in [1.54, 1.807) is 43.3 Å². The average molecular weight is 717 g/mol. The standard InChI is InChI=1S/C37H44Cl2FNO6Si/c1-6-36(44,25-15-17-46-18-16-25)27-21-30-32(31(40)22-27)37(45,26-9-13-29(39)14-10-26)41(34(30)42)33(24-7-11-28(38)12-8-24)23(2)35(43)47-19-20-48(3,4)5/h7-14,21-23,25,33,44-45H,6,15-20H2,1-5H3/t23-,33-,36-,37?/m0/s1. The van der Waals surface area contributed by atoms with E-state index in [0.717, 1.165) is 6.04 Å². The summed E-state index contributed by atoms with van der Waals surface area (Å²) in [6, 6.07) is 15.2. The van der Waals surface area contributed by atoms with Crippen LogP contribution in [-0.2, 0) is 25.6 Å². The van der Waals surface area contributed by atoms with Crippen LogP contribution in [0, 0.1) is 17.7 Å². The molecule has 1 fully saturated rings. The number of fused-ring (bicyclic) bond motifs is 1. The molecule has 3 aromatic carbocycles. The van der Waals surface area contributed by atoms with Crippen LogP contribution in [-0.4, -0.2) is 54.9 Å². The van der Waals surface area contributed by atoms with Crippen molar-refractivity contribution < 1.29 is 33.7 Å². The van der Waals surface area contributed by atoms with Gasteiger partial charge in [-0.2, -0.15) is 0 Å². The molecule has 0 aromatic heterocycles. The number of esters is 1. The minimum absolute atomic E-state index is 0.0975. The predicted octanol–water partition coefficient (Wildman–Crippen LogP) is 8.06. The Bertz CT molecular complexity index is 1640. The van der Waals surface area contributed by atoms with Crippen LogP contribution in [0.3, 0.4) is 0 Å². The summed E-state index contributed by atoms with van der Waals surface area (Å²) in [5.74, 6) is -3.31. The van der Waals surface area contributed by atoms with Crippen molar-refractivity contribution in [1.29, 1.82) is 0 Å². The lowest BCUT2D eigenvalue weighted by molar-refractivity contribution is -0.153. The van der Waals surface area contributed by atoms with Crippen LogP contribution in [0.5, 0.6) is 0 Å². The number of rotatable bonds is 11. The highest BCUT2D eigenvalue weighted by Crippen LogP contribution is 2.51. The van der Waals surface area contributed by atoms with Gasteiger partial charge in [-0.3, -0.25) is 14.5 Å². The van der Waals surface area contributed by atoms with Gasteiger partial charge in [-0.05, 0) is 85.7 Å². The number of benzene rings is 3. The van der Waals surface area contributed by atoms with Crippen LogP contribution in [0.4, 0.5) is 4.39 Å². The van der Waals surface area contributed by atoms with Gasteiger partial charge < -0.3 is 19.7 Å². The zero-order valence-electron chi connectivity index (χ0n) is 28.1. The first kappa shape index (κ1) is 36.5. The fourth-order valence-electron chi connectivity index (χ4n) is 7.01. The normalized spacial score (nSPS) is 21.0. The Kier molecular flexibility index (Phi) is 10.8. The van der Waals surface area contributed by atoms with Crippen LogP contribution >= 0.6 is 23.2 Å². The lowest BCUT2D eigenvalue weighted by atomic mass is 9.74. The van der Waals surface area contributed by atoms with E-state index in [-0.39, 0.29) is 41.2 Å². The molecule has 0 spiro atoms. The molecule has 0 aliphatic carbocycles. The number of carbonyl (C=O) groups excluding carboxylic acids is 2. The SMILES string of the molecule is CC[C@@](O)(c1cc(F)c2c(c1)C(=O)N([C@H](c1ccc(Cl)cc1)[C@H](C)C(=O)OCC[Si](C)(C)C)C2(O)c1ccc(Cl)cc1)C1CCOCC1. The third-order valence-electron chi connectivity index (χ3n) is 9.85. The minimum atomic E-state index is -2.36. The summed E-state index contributed by atoms with van der Waals surface area (Å²) in [7, 11) is -1.53. The van der Waals surface area contributed by atoms with Gasteiger partial charge in [-0.1, -0.05) is 74.0 Å². The Morgan fingerprint density at radius 2 is 1.67 bits per heavy atom. The summed E-state index contributed by atoms with van der Waals surface area (Å²) < 4.78 is 28.0. The highest BCUT2D eigenvalue weighted by Gasteiger charge is 2.57. The number of hydrogen-bond donors (Lipinski definition) is 2. The maximum atomic E-state index is 16.7. The van der Waals surface area contributed by atoms with Crippen molar-refractivity contribution in [1.82, 2.24) is 4.90 Å². The molecule has 7 nitrogen and oxygen atoms in total. The van der Waals surface area contributed by atoms with Gasteiger partial charge in [0.25, 0.3) is 5.91 Å². The Balaban J connectivity index is 1.69. The Hall–Kier alpha value is -2.79. The van der Waals surface area contributed by atoms with Crippen molar-refractivity contribution in [3.63, 3.8) is 0 Å². The molecule has 2 aliphatic heterocycles. The molecule has 1 unspecified atom stereocenters. The number of ether oxygens (including phenoxy) is 2. The number of carbonyl (C=O) groups is 2. The molecule has 0 saturated carbocycles. The summed E-state index contributed by atoms with van der Waals surface area (Å²) in [5, 5.41) is 25.7. The van der Waals surface area contributed by atoms with Crippen LogP contribution in [0.25, 0.3) is 0 Å². The summed E-state index contributed by atoms with van der Waals surface area (Å²) in [6.07, 6.45) is 1.44. The molecule has 0 radical (unpaired) electrons. The van der Waals surface area contributed by atoms with Gasteiger partial charge >= 0.3 is 5.97 Å². The van der Waals surface area contributed by atoms with Gasteiger partial charge in [0.15, 0.2) is 5.72 Å². The summed E-state index contributed by atoms with van der Waals surface area (Å²) in [4.78, 5) is 29.7. The third kappa shape index (κ3) is 6.95. The van der Waals surface area contributed by atoms with Crippen molar-refractivity contribution in [2.45, 2.75) is 76.2 Å². The molecule has 2 heterocycles. The highest BCUT2D eigenvalue weighted by molar-refractivity contribution is 6.76. The van der Waals surface area contributed by atoms with E-state index < -0.39 is 49.1 Å². The summed E-state index contributed by atoms with van der Waals surface area (Å²) in [6.45, 7) is 11.2. The number of amides is 1.